The van der Waals surface area contributed by atoms with E-state index >= 15 is 0 Å². The summed E-state index contributed by atoms with van der Waals surface area (Å²) in [5, 5.41) is 38.2. The number of nitrogens with one attached hydrogen (secondary N) is 1. The molecule has 12 nitrogen and oxygen atoms in total. The summed E-state index contributed by atoms with van der Waals surface area (Å²) in [5.41, 5.74) is -1.99. The number of phenols is 1. The van der Waals surface area contributed by atoms with E-state index in [4.69, 9.17) is 5.73 Å². The lowest BCUT2D eigenvalue weighted by Crippen LogP contribution is -2.84. The third-order valence-electron chi connectivity index (χ3n) is 9.78. The fourth-order valence-corrected chi connectivity index (χ4v) is 7.67. The smallest absolute Gasteiger partial charge is 0.244 e. The molecule has 0 bridgehead atoms. The first kappa shape index (κ1) is 32.2. The van der Waals surface area contributed by atoms with Gasteiger partial charge in [0.15, 0.2) is 34.7 Å². The number of hydrogen-bond acceptors (Lipinski definition) is 10. The van der Waals surface area contributed by atoms with Gasteiger partial charge in [0.25, 0.3) is 0 Å². The van der Waals surface area contributed by atoms with E-state index in [2.05, 4.69) is 5.32 Å². The highest BCUT2D eigenvalue weighted by molar-refractivity contribution is 6.33. The molecule has 2 fully saturated rings. The molecule has 6 N–H and O–H groups in total. The molecule has 3 aliphatic carbocycles. The van der Waals surface area contributed by atoms with Crippen molar-refractivity contribution in [3.8, 4) is 5.75 Å². The minimum Gasteiger partial charge on any atom is -0.507 e. The third kappa shape index (κ3) is 4.14. The number of fused-ring (bicyclic) bond motifs is 3. The largest absolute Gasteiger partial charge is 0.507 e. The van der Waals surface area contributed by atoms with Crippen LogP contribution in [0.25, 0.3) is 6.08 Å². The number of nitrogens with two attached hydrogens (primary N) is 1. The molecule has 4 rings (SSSR count). The summed E-state index contributed by atoms with van der Waals surface area (Å²) in [7, 11) is 2.88. The SMILES string of the molecule is C[C@H]1c2ccc(C=CC(=O)NC(C)(C)C)c(O)c2C(=O)C2C(=O)[C@]3(O)C(=O)C(C(N)=O)C(=O)[C@@H](N(C)C)[C@]3(C)[C@@H](O)[C@@]21C. The van der Waals surface area contributed by atoms with E-state index in [1.54, 1.807) is 33.8 Å². The average Bonchev–Trinajstić information content (AvgIpc) is 2.87. The summed E-state index contributed by atoms with van der Waals surface area (Å²) >= 11 is 0. The Kier molecular flexibility index (Phi) is 7.41. The Balaban J connectivity index is 1.93. The van der Waals surface area contributed by atoms with Crippen LogP contribution in [0.15, 0.2) is 18.2 Å². The van der Waals surface area contributed by atoms with Crippen LogP contribution in [-0.2, 0) is 24.0 Å². The van der Waals surface area contributed by atoms with E-state index in [0.717, 1.165) is 0 Å². The number of aliphatic hydroxyl groups excluding tert-OH is 1. The van der Waals surface area contributed by atoms with Gasteiger partial charge in [-0.05, 0) is 52.4 Å². The normalized spacial score (nSPS) is 35.9. The molecule has 0 heterocycles. The van der Waals surface area contributed by atoms with E-state index in [9.17, 15) is 44.1 Å². The van der Waals surface area contributed by atoms with Crippen molar-refractivity contribution in [2.75, 3.05) is 14.1 Å². The summed E-state index contributed by atoms with van der Waals surface area (Å²) in [6, 6.07) is 1.53. The highest BCUT2D eigenvalue weighted by Crippen LogP contribution is 2.65. The molecule has 0 aromatic heterocycles. The lowest BCUT2D eigenvalue weighted by molar-refractivity contribution is -0.237. The van der Waals surface area contributed by atoms with E-state index in [1.165, 1.54) is 51.1 Å². The van der Waals surface area contributed by atoms with Crippen LogP contribution in [0.2, 0.25) is 0 Å². The van der Waals surface area contributed by atoms with Crippen LogP contribution in [0.3, 0.4) is 0 Å². The minimum atomic E-state index is -3.15. The Labute approximate surface area is 249 Å². The predicted octanol–water partition coefficient (Wildman–Crippen LogP) is 0.107. The maximum atomic E-state index is 14.4. The van der Waals surface area contributed by atoms with Crippen molar-refractivity contribution in [1.29, 1.82) is 0 Å². The fraction of sp³-hybridized carbons (Fsp3) is 0.548. The number of carbonyl (C=O) groups is 6. The van der Waals surface area contributed by atoms with Crippen molar-refractivity contribution in [3.05, 3.63) is 34.9 Å². The quantitative estimate of drug-likeness (QED) is 0.234. The number of nitrogens with zero attached hydrogens (tertiary/aromatic N) is 1. The van der Waals surface area contributed by atoms with Crippen LogP contribution in [0.4, 0.5) is 0 Å². The molecule has 0 aliphatic heterocycles. The van der Waals surface area contributed by atoms with Gasteiger partial charge in [0.2, 0.25) is 11.8 Å². The van der Waals surface area contributed by atoms with E-state index in [1.807, 2.05) is 0 Å². The number of amides is 2. The number of phenolic OH excluding ortho intramolecular Hbond substituents is 1. The van der Waals surface area contributed by atoms with Crippen molar-refractivity contribution in [2.24, 2.45) is 28.4 Å². The Bertz CT molecular complexity index is 1510. The number of primary amides is 1. The Morgan fingerprint density at radius 3 is 2.16 bits per heavy atom. The number of rotatable bonds is 4. The molecular formula is C31H39N3O9. The molecule has 3 aliphatic rings. The molecule has 43 heavy (non-hydrogen) atoms. The Morgan fingerprint density at radius 2 is 1.65 bits per heavy atom. The summed E-state index contributed by atoms with van der Waals surface area (Å²) in [5.74, 6) is -11.9. The zero-order valence-corrected chi connectivity index (χ0v) is 25.5. The van der Waals surface area contributed by atoms with Crippen molar-refractivity contribution >= 4 is 41.0 Å². The van der Waals surface area contributed by atoms with E-state index in [0.29, 0.717) is 5.56 Å². The molecule has 232 valence electrons. The summed E-state index contributed by atoms with van der Waals surface area (Å²) < 4.78 is 0. The van der Waals surface area contributed by atoms with Gasteiger partial charge >= 0.3 is 0 Å². The number of aromatic hydroxyl groups is 1. The van der Waals surface area contributed by atoms with Gasteiger partial charge in [-0.25, -0.2) is 0 Å². The molecule has 2 amide bonds. The first-order valence-corrected chi connectivity index (χ1v) is 14.0. The predicted molar refractivity (Wildman–Crippen MR) is 154 cm³/mol. The van der Waals surface area contributed by atoms with Crippen LogP contribution in [-0.4, -0.2) is 92.5 Å². The summed E-state index contributed by atoms with van der Waals surface area (Å²) in [4.78, 5) is 81.7. The van der Waals surface area contributed by atoms with Gasteiger partial charge in [-0.15, -0.1) is 0 Å². The second-order valence-electron chi connectivity index (χ2n) is 13.7. The zero-order valence-electron chi connectivity index (χ0n) is 25.5. The number of likely N-dealkylation sites (N-methyl/N-ethyl adjacent to an activating group) is 1. The molecule has 2 unspecified atom stereocenters. The van der Waals surface area contributed by atoms with Crippen molar-refractivity contribution in [2.45, 2.75) is 70.7 Å². The summed E-state index contributed by atoms with van der Waals surface area (Å²) in [6.07, 6.45) is 0.678. The van der Waals surface area contributed by atoms with Gasteiger partial charge in [0.1, 0.15) is 5.75 Å². The molecule has 1 aromatic carbocycles. The van der Waals surface area contributed by atoms with Gasteiger partial charge in [0, 0.05) is 22.6 Å². The first-order chi connectivity index (χ1) is 19.6. The Hall–Kier alpha value is -3.74. The second-order valence-corrected chi connectivity index (χ2v) is 13.7. The van der Waals surface area contributed by atoms with Gasteiger partial charge in [-0.3, -0.25) is 33.7 Å². The van der Waals surface area contributed by atoms with E-state index in [-0.39, 0.29) is 11.1 Å². The molecule has 0 saturated heterocycles. The molecule has 0 spiro atoms. The molecular weight excluding hydrogens is 558 g/mol. The maximum absolute atomic E-state index is 14.4. The number of benzene rings is 1. The summed E-state index contributed by atoms with van der Waals surface area (Å²) in [6.45, 7) is 9.72. The molecule has 12 heteroatoms. The van der Waals surface area contributed by atoms with Crippen molar-refractivity contribution in [3.63, 3.8) is 0 Å². The first-order valence-electron chi connectivity index (χ1n) is 14.0. The molecule has 8 atom stereocenters. The lowest BCUT2D eigenvalue weighted by atomic mass is 9.39. The number of ketones is 4. The third-order valence-corrected chi connectivity index (χ3v) is 9.78. The van der Waals surface area contributed by atoms with Crippen LogP contribution < -0.4 is 11.1 Å². The number of carbonyl (C=O) groups excluding carboxylic acids is 6. The number of Topliss-reactive ketones (excluding diaryl/α,β-unsaturated/α-hetero) is 4. The van der Waals surface area contributed by atoms with Gasteiger partial charge in [-0.1, -0.05) is 32.9 Å². The van der Waals surface area contributed by atoms with Crippen molar-refractivity contribution < 1.29 is 44.1 Å². The molecule has 2 saturated carbocycles. The van der Waals surface area contributed by atoms with Crippen LogP contribution >= 0.6 is 0 Å². The molecule has 0 radical (unpaired) electrons. The van der Waals surface area contributed by atoms with Crippen molar-refractivity contribution in [1.82, 2.24) is 10.2 Å². The van der Waals surface area contributed by atoms with Gasteiger partial charge < -0.3 is 26.4 Å². The van der Waals surface area contributed by atoms with Crippen LogP contribution in [0, 0.1) is 22.7 Å². The van der Waals surface area contributed by atoms with Gasteiger partial charge in [-0.2, -0.15) is 0 Å². The number of aliphatic hydroxyl groups is 2. The molecule has 1 aromatic rings. The maximum Gasteiger partial charge on any atom is 0.244 e. The second kappa shape index (κ2) is 9.90. The van der Waals surface area contributed by atoms with Crippen LogP contribution in [0.1, 0.15) is 68.9 Å². The van der Waals surface area contributed by atoms with Gasteiger partial charge in [0.05, 0.1) is 29.0 Å². The highest BCUT2D eigenvalue weighted by Gasteiger charge is 2.81. The zero-order chi connectivity index (χ0) is 32.8. The monoisotopic (exact) mass is 597 g/mol. The average molecular weight is 598 g/mol. The fourth-order valence-electron chi connectivity index (χ4n) is 7.67. The topological polar surface area (TPSA) is 204 Å². The highest BCUT2D eigenvalue weighted by atomic mass is 16.3. The minimum absolute atomic E-state index is 0.0973. The number of hydrogen-bond donors (Lipinski definition) is 5. The van der Waals surface area contributed by atoms with E-state index < -0.39 is 92.6 Å². The van der Waals surface area contributed by atoms with Crippen LogP contribution in [0.5, 0.6) is 5.75 Å². The Morgan fingerprint density at radius 1 is 1.07 bits per heavy atom. The lowest BCUT2D eigenvalue weighted by Gasteiger charge is -2.65. The standard InChI is InChI=1S/C31H39N3O9/c1-13-15-11-9-14(10-12-16(35)33-28(2,3)4)20(36)17(15)21(37)19-25(40)31(43)24(39)18(26(32)41)22(38)23(34(7)8)30(31,6)27(42)29(13,19)5/h9-13,18-19,23,27,36,42-43H,1-8H3,(H2,32,41)(H,33,35)/t13-,18?,19?,23+,27-,29+,30+,31+/m0/s1.